The standard InChI is InChI=1S/C20H24Cl2N4O3/c1-20(2,3)29-19(27)26-9-7-25(8-10-26)18-17(22)23-12-16(24-18)28-13-14-5-4-6-15(21)11-14/h4-6,11-12H,7-10,13H2,1-3H3. The summed E-state index contributed by atoms with van der Waals surface area (Å²) >= 11 is 12.3. The molecule has 0 bridgehead atoms. The number of aromatic nitrogens is 2. The van der Waals surface area contributed by atoms with Crippen LogP contribution in [0.15, 0.2) is 30.5 Å². The molecule has 1 aliphatic rings. The van der Waals surface area contributed by atoms with Gasteiger partial charge in [-0.25, -0.2) is 9.78 Å². The molecule has 1 aromatic carbocycles. The van der Waals surface area contributed by atoms with Crippen molar-refractivity contribution < 1.29 is 14.3 Å². The van der Waals surface area contributed by atoms with Gasteiger partial charge in [-0.05, 0) is 38.5 Å². The molecule has 0 atom stereocenters. The lowest BCUT2D eigenvalue weighted by Gasteiger charge is -2.36. The molecule has 1 aromatic heterocycles. The number of hydrogen-bond acceptors (Lipinski definition) is 6. The minimum Gasteiger partial charge on any atom is -0.472 e. The van der Waals surface area contributed by atoms with Gasteiger partial charge in [-0.15, -0.1) is 0 Å². The maximum atomic E-state index is 12.2. The van der Waals surface area contributed by atoms with Crippen molar-refractivity contribution in [2.24, 2.45) is 0 Å². The molecule has 1 saturated heterocycles. The Morgan fingerprint density at radius 3 is 2.55 bits per heavy atom. The Kier molecular flexibility index (Phi) is 6.70. The van der Waals surface area contributed by atoms with Crippen LogP contribution in [0.5, 0.6) is 5.88 Å². The molecule has 3 rings (SSSR count). The molecule has 1 fully saturated rings. The van der Waals surface area contributed by atoms with Gasteiger partial charge in [-0.2, -0.15) is 4.98 Å². The molecule has 0 spiro atoms. The Labute approximate surface area is 180 Å². The summed E-state index contributed by atoms with van der Waals surface area (Å²) in [5, 5.41) is 0.947. The van der Waals surface area contributed by atoms with E-state index in [1.807, 2.05) is 49.9 Å². The fourth-order valence-corrected chi connectivity index (χ4v) is 3.25. The number of hydrogen-bond donors (Lipinski definition) is 0. The van der Waals surface area contributed by atoms with Crippen LogP contribution in [0.25, 0.3) is 0 Å². The third kappa shape index (κ3) is 6.11. The van der Waals surface area contributed by atoms with E-state index in [-0.39, 0.29) is 6.09 Å². The molecule has 0 aliphatic carbocycles. The van der Waals surface area contributed by atoms with E-state index in [4.69, 9.17) is 32.7 Å². The average Bonchev–Trinajstić information content (AvgIpc) is 2.66. The van der Waals surface area contributed by atoms with E-state index >= 15 is 0 Å². The summed E-state index contributed by atoms with van der Waals surface area (Å²) in [5.74, 6) is 0.915. The number of anilines is 1. The van der Waals surface area contributed by atoms with Gasteiger partial charge in [0.1, 0.15) is 12.2 Å². The van der Waals surface area contributed by atoms with E-state index < -0.39 is 5.60 Å². The molecule has 156 valence electrons. The zero-order valence-electron chi connectivity index (χ0n) is 16.7. The zero-order chi connectivity index (χ0) is 21.0. The van der Waals surface area contributed by atoms with Crippen molar-refractivity contribution in [3.63, 3.8) is 0 Å². The monoisotopic (exact) mass is 438 g/mol. The van der Waals surface area contributed by atoms with Crippen molar-refractivity contribution in [2.45, 2.75) is 33.0 Å². The topological polar surface area (TPSA) is 67.8 Å². The molecule has 0 saturated carbocycles. The van der Waals surface area contributed by atoms with Gasteiger partial charge >= 0.3 is 6.09 Å². The van der Waals surface area contributed by atoms with Gasteiger partial charge in [-0.3, -0.25) is 0 Å². The number of benzene rings is 1. The first-order valence-corrected chi connectivity index (χ1v) is 10.1. The second kappa shape index (κ2) is 9.05. The fourth-order valence-electron chi connectivity index (χ4n) is 2.83. The lowest BCUT2D eigenvalue weighted by atomic mass is 10.2. The predicted octanol–water partition coefficient (Wildman–Crippen LogP) is 4.42. The minimum atomic E-state index is -0.516. The summed E-state index contributed by atoms with van der Waals surface area (Å²) in [5.41, 5.74) is 0.416. The highest BCUT2D eigenvalue weighted by Gasteiger charge is 2.27. The van der Waals surface area contributed by atoms with Crippen molar-refractivity contribution in [3.05, 3.63) is 46.2 Å². The molecule has 7 nitrogen and oxygen atoms in total. The van der Waals surface area contributed by atoms with Gasteiger partial charge in [-0.1, -0.05) is 35.3 Å². The predicted molar refractivity (Wildman–Crippen MR) is 113 cm³/mol. The largest absolute Gasteiger partial charge is 0.472 e. The van der Waals surface area contributed by atoms with Crippen molar-refractivity contribution in [1.82, 2.24) is 14.9 Å². The Bertz CT molecular complexity index is 865. The zero-order valence-corrected chi connectivity index (χ0v) is 18.2. The van der Waals surface area contributed by atoms with Gasteiger partial charge in [0.05, 0.1) is 6.20 Å². The second-order valence-corrected chi connectivity index (χ2v) is 8.49. The van der Waals surface area contributed by atoms with Crippen molar-refractivity contribution in [1.29, 1.82) is 0 Å². The Morgan fingerprint density at radius 2 is 1.90 bits per heavy atom. The third-order valence-electron chi connectivity index (χ3n) is 4.20. The second-order valence-electron chi connectivity index (χ2n) is 7.70. The van der Waals surface area contributed by atoms with Crippen LogP contribution in [-0.2, 0) is 11.3 Å². The van der Waals surface area contributed by atoms with Gasteiger partial charge in [0.25, 0.3) is 0 Å². The van der Waals surface area contributed by atoms with Crippen LogP contribution in [0.1, 0.15) is 26.3 Å². The van der Waals surface area contributed by atoms with Crippen LogP contribution in [0.4, 0.5) is 10.6 Å². The van der Waals surface area contributed by atoms with Crippen LogP contribution in [0, 0.1) is 0 Å². The fraction of sp³-hybridized carbons (Fsp3) is 0.450. The summed E-state index contributed by atoms with van der Waals surface area (Å²) in [7, 11) is 0. The number of piperazine rings is 1. The SMILES string of the molecule is CC(C)(C)OC(=O)N1CCN(c2nc(OCc3cccc(Cl)c3)cnc2Cl)CC1. The lowest BCUT2D eigenvalue weighted by molar-refractivity contribution is 0.0240. The van der Waals surface area contributed by atoms with E-state index in [1.165, 1.54) is 6.20 Å². The molecule has 2 heterocycles. The molecule has 29 heavy (non-hydrogen) atoms. The van der Waals surface area contributed by atoms with E-state index in [9.17, 15) is 4.79 Å². The Morgan fingerprint density at radius 1 is 1.17 bits per heavy atom. The molecule has 9 heteroatoms. The molecule has 1 aliphatic heterocycles. The lowest BCUT2D eigenvalue weighted by Crippen LogP contribution is -2.50. The summed E-state index contributed by atoms with van der Waals surface area (Å²) in [6.07, 6.45) is 1.18. The van der Waals surface area contributed by atoms with E-state index in [0.717, 1.165) is 5.56 Å². The molecule has 1 amide bonds. The highest BCUT2D eigenvalue weighted by atomic mass is 35.5. The molecular weight excluding hydrogens is 415 g/mol. The number of rotatable bonds is 4. The molecule has 2 aromatic rings. The maximum Gasteiger partial charge on any atom is 0.410 e. The van der Waals surface area contributed by atoms with Gasteiger partial charge < -0.3 is 19.3 Å². The molecule has 0 radical (unpaired) electrons. The summed E-state index contributed by atoms with van der Waals surface area (Å²) < 4.78 is 11.2. The quantitative estimate of drug-likeness (QED) is 0.703. The van der Waals surface area contributed by atoms with Crippen molar-refractivity contribution in [3.8, 4) is 5.88 Å². The Balaban J connectivity index is 1.61. The minimum absolute atomic E-state index is 0.297. The first-order chi connectivity index (χ1) is 13.7. The maximum absolute atomic E-state index is 12.2. The van der Waals surface area contributed by atoms with E-state index in [2.05, 4.69) is 9.97 Å². The number of ether oxygens (including phenoxy) is 2. The first kappa shape index (κ1) is 21.5. The number of halogens is 2. The van der Waals surface area contributed by atoms with E-state index in [0.29, 0.717) is 54.7 Å². The third-order valence-corrected chi connectivity index (χ3v) is 4.70. The normalized spacial score (nSPS) is 14.7. The number of carbonyl (C=O) groups is 1. The van der Waals surface area contributed by atoms with Crippen molar-refractivity contribution >= 4 is 35.1 Å². The first-order valence-electron chi connectivity index (χ1n) is 9.34. The van der Waals surface area contributed by atoms with Crippen molar-refractivity contribution in [2.75, 3.05) is 31.1 Å². The number of amides is 1. The molecular formula is C20H24Cl2N4O3. The van der Waals surface area contributed by atoms with E-state index in [1.54, 1.807) is 4.90 Å². The van der Waals surface area contributed by atoms with Gasteiger partial charge in [0, 0.05) is 31.2 Å². The highest BCUT2D eigenvalue weighted by Crippen LogP contribution is 2.25. The van der Waals surface area contributed by atoms with Crippen LogP contribution >= 0.6 is 23.2 Å². The van der Waals surface area contributed by atoms with Crippen LogP contribution in [0.2, 0.25) is 10.2 Å². The number of nitrogens with zero attached hydrogens (tertiary/aromatic N) is 4. The molecule has 0 unspecified atom stereocenters. The summed E-state index contributed by atoms with van der Waals surface area (Å²) in [4.78, 5) is 24.6. The average molecular weight is 439 g/mol. The smallest absolute Gasteiger partial charge is 0.410 e. The molecule has 0 N–H and O–H groups in total. The van der Waals surface area contributed by atoms with Crippen LogP contribution in [0.3, 0.4) is 0 Å². The van der Waals surface area contributed by atoms with Gasteiger partial charge in [0.2, 0.25) is 5.88 Å². The summed E-state index contributed by atoms with van der Waals surface area (Å²) in [6.45, 7) is 8.06. The van der Waals surface area contributed by atoms with Crippen LogP contribution < -0.4 is 9.64 Å². The van der Waals surface area contributed by atoms with Gasteiger partial charge in [0.15, 0.2) is 11.0 Å². The highest BCUT2D eigenvalue weighted by molar-refractivity contribution is 6.31. The Hall–Kier alpha value is -2.25. The van der Waals surface area contributed by atoms with Crippen LogP contribution in [-0.4, -0.2) is 52.7 Å². The summed E-state index contributed by atoms with van der Waals surface area (Å²) in [6, 6.07) is 7.43. The number of carbonyl (C=O) groups excluding carboxylic acids is 1.